The first kappa shape index (κ1) is 14.6. The average molecular weight is 268 g/mol. The van der Waals surface area contributed by atoms with E-state index < -0.39 is 0 Å². The molecule has 20 heavy (non-hydrogen) atoms. The topological polar surface area (TPSA) is 29.3 Å². The maximum absolute atomic E-state index is 6.25. The molecule has 2 aromatic rings. The molecular weight excluding hydrogens is 244 g/mol. The molecule has 0 aliphatic rings. The third kappa shape index (κ3) is 2.86. The molecule has 0 aliphatic heterocycles. The van der Waals surface area contributed by atoms with E-state index in [1.54, 1.807) is 0 Å². The van der Waals surface area contributed by atoms with Gasteiger partial charge in [-0.2, -0.15) is 0 Å². The molecular formula is C18H24N2. The molecule has 2 aromatic carbocycles. The zero-order valence-electron chi connectivity index (χ0n) is 12.9. The average Bonchev–Trinajstić information content (AvgIpc) is 2.46. The van der Waals surface area contributed by atoms with Crippen LogP contribution in [0.2, 0.25) is 0 Å². The Labute approximate surface area is 122 Å². The van der Waals surface area contributed by atoms with Crippen LogP contribution in [0.1, 0.15) is 36.1 Å². The molecule has 0 heterocycles. The minimum absolute atomic E-state index is 0.0828. The Morgan fingerprint density at radius 1 is 1.05 bits per heavy atom. The van der Waals surface area contributed by atoms with E-state index in [2.05, 4.69) is 75.2 Å². The molecule has 0 fully saturated rings. The van der Waals surface area contributed by atoms with Gasteiger partial charge in [-0.05, 0) is 43.5 Å². The molecule has 0 aliphatic carbocycles. The van der Waals surface area contributed by atoms with Gasteiger partial charge in [0.25, 0.3) is 0 Å². The van der Waals surface area contributed by atoms with Crippen LogP contribution < -0.4 is 10.6 Å². The standard InChI is InChI=1S/C18H24N2/c1-5-16(19)15-8-6-7-9-18(15)20(4)17-11-10-13(2)12-14(17)3/h6-12,16H,5,19H2,1-4H3/t16-/m0/s1. The SMILES string of the molecule is CC[C@H](N)c1ccccc1N(C)c1ccc(C)cc1C. The van der Waals surface area contributed by atoms with Gasteiger partial charge in [0.2, 0.25) is 0 Å². The Bertz CT molecular complexity index is 590. The Kier molecular flexibility index (Phi) is 4.46. The van der Waals surface area contributed by atoms with E-state index >= 15 is 0 Å². The number of anilines is 2. The summed E-state index contributed by atoms with van der Waals surface area (Å²) in [6.45, 7) is 6.40. The van der Waals surface area contributed by atoms with Gasteiger partial charge in [-0.15, -0.1) is 0 Å². The van der Waals surface area contributed by atoms with Crippen molar-refractivity contribution in [2.24, 2.45) is 5.73 Å². The number of rotatable bonds is 4. The lowest BCUT2D eigenvalue weighted by Gasteiger charge is -2.26. The van der Waals surface area contributed by atoms with E-state index in [0.29, 0.717) is 0 Å². The van der Waals surface area contributed by atoms with Crippen LogP contribution in [0.5, 0.6) is 0 Å². The van der Waals surface area contributed by atoms with E-state index in [0.717, 1.165) is 6.42 Å². The predicted molar refractivity (Wildman–Crippen MR) is 87.6 cm³/mol. The Hall–Kier alpha value is -1.80. The van der Waals surface area contributed by atoms with Crippen molar-refractivity contribution >= 4 is 11.4 Å². The molecule has 0 saturated carbocycles. The van der Waals surface area contributed by atoms with Gasteiger partial charge in [-0.3, -0.25) is 0 Å². The molecule has 0 aromatic heterocycles. The summed E-state index contributed by atoms with van der Waals surface area (Å²) in [6.07, 6.45) is 0.942. The van der Waals surface area contributed by atoms with Crippen molar-refractivity contribution in [2.45, 2.75) is 33.2 Å². The molecule has 106 valence electrons. The number of nitrogens with zero attached hydrogens (tertiary/aromatic N) is 1. The maximum Gasteiger partial charge on any atom is 0.0456 e. The zero-order valence-corrected chi connectivity index (χ0v) is 12.9. The van der Waals surface area contributed by atoms with Gasteiger partial charge in [0.05, 0.1) is 0 Å². The van der Waals surface area contributed by atoms with Gasteiger partial charge in [-0.1, -0.05) is 42.8 Å². The van der Waals surface area contributed by atoms with Crippen molar-refractivity contribution in [1.29, 1.82) is 0 Å². The summed E-state index contributed by atoms with van der Waals surface area (Å²) >= 11 is 0. The molecule has 0 bridgehead atoms. The summed E-state index contributed by atoms with van der Waals surface area (Å²) in [5, 5.41) is 0. The Morgan fingerprint density at radius 2 is 1.75 bits per heavy atom. The van der Waals surface area contributed by atoms with Gasteiger partial charge >= 0.3 is 0 Å². The third-order valence-corrected chi connectivity index (χ3v) is 3.85. The molecule has 0 spiro atoms. The van der Waals surface area contributed by atoms with E-state index in [-0.39, 0.29) is 6.04 Å². The normalized spacial score (nSPS) is 12.2. The van der Waals surface area contributed by atoms with Crippen molar-refractivity contribution in [3.05, 3.63) is 59.2 Å². The smallest absolute Gasteiger partial charge is 0.0456 e. The first-order chi connectivity index (χ1) is 9.54. The van der Waals surface area contributed by atoms with Crippen LogP contribution in [0.3, 0.4) is 0 Å². The van der Waals surface area contributed by atoms with Crippen molar-refractivity contribution in [3.63, 3.8) is 0 Å². The number of hydrogen-bond acceptors (Lipinski definition) is 2. The van der Waals surface area contributed by atoms with Gasteiger partial charge < -0.3 is 10.6 Å². The highest BCUT2D eigenvalue weighted by Crippen LogP contribution is 2.32. The van der Waals surface area contributed by atoms with Crippen LogP contribution >= 0.6 is 0 Å². The minimum Gasteiger partial charge on any atom is -0.344 e. The second kappa shape index (κ2) is 6.10. The number of aryl methyl sites for hydroxylation is 2. The van der Waals surface area contributed by atoms with Crippen molar-refractivity contribution in [1.82, 2.24) is 0 Å². The van der Waals surface area contributed by atoms with E-state index in [1.807, 2.05) is 0 Å². The fraction of sp³-hybridized carbons (Fsp3) is 0.333. The fourth-order valence-corrected chi connectivity index (χ4v) is 2.64. The van der Waals surface area contributed by atoms with E-state index in [9.17, 15) is 0 Å². The maximum atomic E-state index is 6.25. The lowest BCUT2D eigenvalue weighted by Crippen LogP contribution is -2.17. The highest BCUT2D eigenvalue weighted by Gasteiger charge is 2.14. The largest absolute Gasteiger partial charge is 0.344 e. The first-order valence-electron chi connectivity index (χ1n) is 7.20. The van der Waals surface area contributed by atoms with Gasteiger partial charge in [-0.25, -0.2) is 0 Å². The molecule has 2 rings (SSSR count). The van der Waals surface area contributed by atoms with Gasteiger partial charge in [0.1, 0.15) is 0 Å². The summed E-state index contributed by atoms with van der Waals surface area (Å²) in [7, 11) is 2.11. The zero-order chi connectivity index (χ0) is 14.7. The van der Waals surface area contributed by atoms with Crippen molar-refractivity contribution in [3.8, 4) is 0 Å². The second-order valence-corrected chi connectivity index (χ2v) is 5.42. The van der Waals surface area contributed by atoms with Crippen molar-refractivity contribution in [2.75, 3.05) is 11.9 Å². The number of nitrogens with two attached hydrogens (primary N) is 1. The first-order valence-corrected chi connectivity index (χ1v) is 7.20. The highest BCUT2D eigenvalue weighted by atomic mass is 15.1. The Balaban J connectivity index is 2.45. The second-order valence-electron chi connectivity index (χ2n) is 5.42. The van der Waals surface area contributed by atoms with Crippen LogP contribution in [-0.2, 0) is 0 Å². The van der Waals surface area contributed by atoms with Gasteiger partial charge in [0, 0.05) is 24.5 Å². The van der Waals surface area contributed by atoms with E-state index in [1.165, 1.54) is 28.1 Å². The monoisotopic (exact) mass is 268 g/mol. The fourth-order valence-electron chi connectivity index (χ4n) is 2.64. The highest BCUT2D eigenvalue weighted by molar-refractivity contribution is 5.69. The summed E-state index contributed by atoms with van der Waals surface area (Å²) < 4.78 is 0. The molecule has 1 atom stereocenters. The van der Waals surface area contributed by atoms with Crippen LogP contribution in [0.15, 0.2) is 42.5 Å². The molecule has 0 radical (unpaired) electrons. The summed E-state index contributed by atoms with van der Waals surface area (Å²) in [4.78, 5) is 2.24. The third-order valence-electron chi connectivity index (χ3n) is 3.85. The number of hydrogen-bond donors (Lipinski definition) is 1. The molecule has 2 heteroatoms. The number of para-hydroxylation sites is 1. The lowest BCUT2D eigenvalue weighted by atomic mass is 10.0. The Morgan fingerprint density at radius 3 is 2.40 bits per heavy atom. The molecule has 0 saturated heterocycles. The molecule has 0 unspecified atom stereocenters. The van der Waals surface area contributed by atoms with E-state index in [4.69, 9.17) is 5.73 Å². The summed E-state index contributed by atoms with van der Waals surface area (Å²) in [5.41, 5.74) is 12.4. The molecule has 2 N–H and O–H groups in total. The van der Waals surface area contributed by atoms with Gasteiger partial charge in [0.15, 0.2) is 0 Å². The lowest BCUT2D eigenvalue weighted by molar-refractivity contribution is 0.698. The predicted octanol–water partition coefficient (Wildman–Crippen LogP) is 4.48. The van der Waals surface area contributed by atoms with Crippen molar-refractivity contribution < 1.29 is 0 Å². The molecule has 0 amide bonds. The summed E-state index contributed by atoms with van der Waals surface area (Å²) in [6, 6.07) is 15.0. The van der Waals surface area contributed by atoms with Crippen LogP contribution in [0, 0.1) is 13.8 Å². The molecule has 2 nitrogen and oxygen atoms in total. The number of benzene rings is 2. The van der Waals surface area contributed by atoms with Crippen LogP contribution in [-0.4, -0.2) is 7.05 Å². The van der Waals surface area contributed by atoms with Crippen LogP contribution in [0.4, 0.5) is 11.4 Å². The van der Waals surface area contributed by atoms with Crippen LogP contribution in [0.25, 0.3) is 0 Å². The minimum atomic E-state index is 0.0828. The summed E-state index contributed by atoms with van der Waals surface area (Å²) in [5.74, 6) is 0. The quantitative estimate of drug-likeness (QED) is 0.885.